The molecule has 1 saturated carbocycles. The van der Waals surface area contributed by atoms with E-state index in [-0.39, 0.29) is 10.8 Å². The minimum absolute atomic E-state index is 0.0124. The fraction of sp³-hybridized carbons (Fsp3) is 0.720. The summed E-state index contributed by atoms with van der Waals surface area (Å²) in [7, 11) is 0. The van der Waals surface area contributed by atoms with E-state index in [1.165, 1.54) is 44.1 Å². The van der Waals surface area contributed by atoms with Crippen LogP contribution in [0.4, 0.5) is 0 Å². The lowest BCUT2D eigenvalue weighted by molar-refractivity contribution is 0.0981. The van der Waals surface area contributed by atoms with Crippen LogP contribution in [0.1, 0.15) is 105 Å². The van der Waals surface area contributed by atoms with Crippen molar-refractivity contribution in [1.29, 1.82) is 0 Å². The maximum atomic E-state index is 6.76. The molecule has 0 radical (unpaired) electrons. The van der Waals surface area contributed by atoms with Gasteiger partial charge in [-0.2, -0.15) is 0 Å². The summed E-state index contributed by atoms with van der Waals surface area (Å²) < 4.78 is 0. The highest BCUT2D eigenvalue weighted by Gasteiger charge is 2.43. The SMILES string of the molecule is CCC(C)(CCC(C)(C)C1CCCC1)C(C)(C)c1ccc(C(C)=S)cc1Cl. The molecular weight excluding hydrogens is 368 g/mol. The third-order valence-electron chi connectivity index (χ3n) is 8.12. The zero-order valence-corrected chi connectivity index (χ0v) is 20.1. The lowest BCUT2D eigenvalue weighted by Gasteiger charge is -2.47. The lowest BCUT2D eigenvalue weighted by atomic mass is 9.58. The maximum absolute atomic E-state index is 6.76. The number of halogens is 1. The second kappa shape index (κ2) is 8.54. The third kappa shape index (κ3) is 4.78. The molecule has 1 aliphatic rings. The van der Waals surface area contributed by atoms with Gasteiger partial charge in [0.05, 0.1) is 0 Å². The molecule has 0 aliphatic heterocycles. The molecule has 1 unspecified atom stereocenters. The van der Waals surface area contributed by atoms with Crippen molar-refractivity contribution in [2.45, 2.75) is 98.8 Å². The Balaban J connectivity index is 2.25. The first-order chi connectivity index (χ1) is 12.4. The lowest BCUT2D eigenvalue weighted by Crippen LogP contribution is -2.40. The Morgan fingerprint density at radius 2 is 1.67 bits per heavy atom. The topological polar surface area (TPSA) is 0 Å². The van der Waals surface area contributed by atoms with Crippen LogP contribution < -0.4 is 0 Å². The van der Waals surface area contributed by atoms with Gasteiger partial charge in [0.1, 0.15) is 0 Å². The monoisotopic (exact) mass is 406 g/mol. The van der Waals surface area contributed by atoms with Crippen LogP contribution in [-0.4, -0.2) is 4.86 Å². The van der Waals surface area contributed by atoms with Crippen LogP contribution in [0.2, 0.25) is 5.02 Å². The number of hydrogen-bond acceptors (Lipinski definition) is 1. The highest BCUT2D eigenvalue weighted by Crippen LogP contribution is 2.52. The zero-order valence-electron chi connectivity index (χ0n) is 18.5. The van der Waals surface area contributed by atoms with Crippen LogP contribution in [0.25, 0.3) is 0 Å². The van der Waals surface area contributed by atoms with E-state index in [1.807, 2.05) is 6.92 Å². The van der Waals surface area contributed by atoms with Gasteiger partial charge >= 0.3 is 0 Å². The van der Waals surface area contributed by atoms with Crippen molar-refractivity contribution in [2.75, 3.05) is 0 Å². The van der Waals surface area contributed by atoms with E-state index in [4.69, 9.17) is 23.8 Å². The second-order valence-electron chi connectivity index (χ2n) is 10.3. The zero-order chi connectivity index (χ0) is 20.5. The summed E-state index contributed by atoms with van der Waals surface area (Å²) in [6.45, 7) is 16.5. The number of hydrogen-bond donors (Lipinski definition) is 0. The van der Waals surface area contributed by atoms with Crippen LogP contribution in [0, 0.1) is 16.7 Å². The molecule has 0 spiro atoms. The van der Waals surface area contributed by atoms with Crippen molar-refractivity contribution >= 4 is 28.7 Å². The van der Waals surface area contributed by atoms with E-state index < -0.39 is 0 Å². The van der Waals surface area contributed by atoms with Gasteiger partial charge < -0.3 is 0 Å². The number of rotatable bonds is 8. The second-order valence-corrected chi connectivity index (χ2v) is 11.3. The van der Waals surface area contributed by atoms with E-state index in [0.29, 0.717) is 5.41 Å². The van der Waals surface area contributed by atoms with Crippen LogP contribution in [0.5, 0.6) is 0 Å². The third-order valence-corrected chi connectivity index (χ3v) is 8.67. The molecule has 0 saturated heterocycles. The average Bonchev–Trinajstić information content (AvgIpc) is 3.14. The molecule has 1 aliphatic carbocycles. The fourth-order valence-electron chi connectivity index (χ4n) is 5.01. The molecule has 0 amide bonds. The summed E-state index contributed by atoms with van der Waals surface area (Å²) in [4.78, 5) is 0.901. The fourth-order valence-corrected chi connectivity index (χ4v) is 5.55. The molecule has 152 valence electrons. The molecule has 0 heterocycles. The molecule has 1 atom stereocenters. The summed E-state index contributed by atoms with van der Waals surface area (Å²) in [5.74, 6) is 0.898. The first-order valence-electron chi connectivity index (χ1n) is 10.8. The Morgan fingerprint density at radius 1 is 1.07 bits per heavy atom. The van der Waals surface area contributed by atoms with E-state index in [9.17, 15) is 0 Å². The molecule has 2 heteroatoms. The van der Waals surface area contributed by atoms with Crippen molar-refractivity contribution in [3.8, 4) is 0 Å². The average molecular weight is 407 g/mol. The van der Waals surface area contributed by atoms with Gasteiger partial charge in [-0.15, -0.1) is 0 Å². The Kier molecular flexibility index (Phi) is 7.24. The summed E-state index contributed by atoms with van der Waals surface area (Å²) in [5.41, 5.74) is 2.98. The predicted molar refractivity (Wildman–Crippen MR) is 125 cm³/mol. The Bertz CT molecular complexity index is 667. The minimum atomic E-state index is 0.0124. The van der Waals surface area contributed by atoms with Gasteiger partial charge in [0, 0.05) is 9.89 Å². The number of thiocarbonyl (C=S) groups is 1. The molecule has 0 aromatic heterocycles. The molecule has 1 aromatic rings. The summed E-state index contributed by atoms with van der Waals surface area (Å²) in [6.07, 6.45) is 9.38. The van der Waals surface area contributed by atoms with Gasteiger partial charge in [-0.05, 0) is 78.4 Å². The maximum Gasteiger partial charge on any atom is 0.0449 e. The Morgan fingerprint density at radius 3 is 2.15 bits per heavy atom. The van der Waals surface area contributed by atoms with Crippen LogP contribution in [0.15, 0.2) is 18.2 Å². The van der Waals surface area contributed by atoms with E-state index in [2.05, 4.69) is 59.7 Å². The first kappa shape index (κ1) is 22.9. The molecular formula is C25H39ClS. The standard InChI is InChI=1S/C25H39ClS/c1-8-25(7,16-15-23(3,4)20-11-9-10-12-20)24(5,6)21-14-13-19(18(2)27)17-22(21)26/h13-14,17,20H,8-12,15-16H2,1-7H3. The van der Waals surface area contributed by atoms with Gasteiger partial charge in [-0.1, -0.05) is 90.3 Å². The van der Waals surface area contributed by atoms with E-state index in [1.54, 1.807) is 0 Å². The van der Waals surface area contributed by atoms with Crippen molar-refractivity contribution in [2.24, 2.45) is 16.7 Å². The molecule has 2 rings (SSSR count). The molecule has 0 bridgehead atoms. The molecule has 0 nitrogen and oxygen atoms in total. The number of benzene rings is 1. The van der Waals surface area contributed by atoms with Crippen LogP contribution >= 0.6 is 23.8 Å². The highest BCUT2D eigenvalue weighted by molar-refractivity contribution is 7.80. The van der Waals surface area contributed by atoms with Crippen molar-refractivity contribution in [3.05, 3.63) is 34.3 Å². The quantitative estimate of drug-likeness (QED) is 0.307. The van der Waals surface area contributed by atoms with Crippen molar-refractivity contribution < 1.29 is 0 Å². The highest BCUT2D eigenvalue weighted by atomic mass is 35.5. The van der Waals surface area contributed by atoms with Gasteiger partial charge in [0.25, 0.3) is 0 Å². The Hall–Kier alpha value is -0.400. The van der Waals surface area contributed by atoms with Gasteiger partial charge in [-0.3, -0.25) is 0 Å². The normalized spacial score (nSPS) is 18.5. The predicted octanol–water partition coefficient (Wildman–Crippen LogP) is 8.77. The van der Waals surface area contributed by atoms with Gasteiger partial charge in [0.15, 0.2) is 0 Å². The smallest absolute Gasteiger partial charge is 0.0449 e. The van der Waals surface area contributed by atoms with Crippen molar-refractivity contribution in [1.82, 2.24) is 0 Å². The van der Waals surface area contributed by atoms with Gasteiger partial charge in [-0.25, -0.2) is 0 Å². The molecule has 1 aromatic carbocycles. The van der Waals surface area contributed by atoms with Crippen LogP contribution in [-0.2, 0) is 5.41 Å². The van der Waals surface area contributed by atoms with Gasteiger partial charge in [0.2, 0.25) is 0 Å². The van der Waals surface area contributed by atoms with E-state index >= 15 is 0 Å². The summed E-state index contributed by atoms with van der Waals surface area (Å²) in [5, 5.41) is 0.858. The van der Waals surface area contributed by atoms with Crippen molar-refractivity contribution in [3.63, 3.8) is 0 Å². The summed E-state index contributed by atoms with van der Waals surface area (Å²) >= 11 is 12.1. The first-order valence-corrected chi connectivity index (χ1v) is 11.5. The van der Waals surface area contributed by atoms with Crippen LogP contribution in [0.3, 0.4) is 0 Å². The molecule has 0 N–H and O–H groups in total. The van der Waals surface area contributed by atoms with E-state index in [0.717, 1.165) is 27.8 Å². The Labute approximate surface area is 178 Å². The minimum Gasteiger partial charge on any atom is -0.0846 e. The molecule has 1 fully saturated rings. The molecule has 27 heavy (non-hydrogen) atoms. The largest absolute Gasteiger partial charge is 0.0846 e. The summed E-state index contributed by atoms with van der Waals surface area (Å²) in [6, 6.07) is 6.41.